The molecule has 2 aliphatic rings. The van der Waals surface area contributed by atoms with E-state index in [0.717, 1.165) is 34.9 Å². The van der Waals surface area contributed by atoms with Gasteiger partial charge in [-0.1, -0.05) is 61.0 Å². The molecule has 2 N–H and O–H groups in total. The number of halogens is 1. The van der Waals surface area contributed by atoms with Crippen molar-refractivity contribution in [3.05, 3.63) is 118 Å². The molecule has 3 amide bonds. The Bertz CT molecular complexity index is 2270. The zero-order valence-corrected chi connectivity index (χ0v) is 32.3. The van der Waals surface area contributed by atoms with Crippen LogP contribution in [0.5, 0.6) is 0 Å². The molecule has 4 aromatic carbocycles. The largest absolute Gasteiger partial charge is 0.441 e. The maximum atomic E-state index is 15.1. The number of carbonyl (C=O) groups is 2. The SMILES string of the molecule is CCCN1C(=O)N(CCc2ccc(CS(=O)(=O)Nc3cc(F)c4c(c3)C(C)OC(=O)N4CC)cc2)Cc2cc(NS(=O)(=O)Cc3ccc(C)cc3)ccc21. The lowest BCUT2D eigenvalue weighted by Gasteiger charge is -2.37. The summed E-state index contributed by atoms with van der Waals surface area (Å²) in [5.74, 6) is -1.25. The van der Waals surface area contributed by atoms with E-state index in [9.17, 15) is 26.4 Å². The number of cyclic esters (lactones) is 1. The Balaban J connectivity index is 1.09. The Morgan fingerprint density at radius 3 is 2.02 bits per heavy atom. The number of sulfonamides is 2. The summed E-state index contributed by atoms with van der Waals surface area (Å²) in [5, 5.41) is 0. The number of urea groups is 1. The van der Waals surface area contributed by atoms with E-state index in [1.165, 1.54) is 11.0 Å². The lowest BCUT2D eigenvalue weighted by atomic mass is 10.0. The fourth-order valence-corrected chi connectivity index (χ4v) is 9.12. The van der Waals surface area contributed by atoms with Crippen LogP contribution < -0.4 is 19.2 Å². The molecular weight excluding hydrogens is 734 g/mol. The second-order valence-electron chi connectivity index (χ2n) is 13.6. The standard InChI is InChI=1S/C39H44FN5O7S2/c1-5-18-45-36-16-15-32(41-53(48,49)24-29-9-7-26(3)8-10-29)20-31(36)23-43(38(45)46)19-17-28-11-13-30(14-12-28)25-54(50,51)42-33-21-34-27(4)52-39(47)44(6-2)37(34)35(40)22-33/h7-16,20-22,27,41-42H,5-6,17-19,23-25H2,1-4H3. The zero-order chi connectivity index (χ0) is 38.8. The molecular formula is C39H44FN5O7S2. The summed E-state index contributed by atoms with van der Waals surface area (Å²) in [6.45, 7) is 8.59. The third-order valence-corrected chi connectivity index (χ3v) is 11.9. The molecule has 54 heavy (non-hydrogen) atoms. The molecule has 2 aliphatic heterocycles. The van der Waals surface area contributed by atoms with Crippen molar-refractivity contribution in [1.29, 1.82) is 0 Å². The second kappa shape index (κ2) is 15.7. The monoisotopic (exact) mass is 777 g/mol. The minimum absolute atomic E-state index is 0.0281. The van der Waals surface area contributed by atoms with Crippen molar-refractivity contribution in [1.82, 2.24) is 4.90 Å². The van der Waals surface area contributed by atoms with Gasteiger partial charge in [-0.2, -0.15) is 0 Å². The van der Waals surface area contributed by atoms with Crippen molar-refractivity contribution >= 4 is 54.9 Å². The van der Waals surface area contributed by atoms with Crippen LogP contribution in [0.1, 0.15) is 66.7 Å². The summed E-state index contributed by atoms with van der Waals surface area (Å²) < 4.78 is 77.8. The molecule has 4 aromatic rings. The first-order valence-corrected chi connectivity index (χ1v) is 21.1. The molecule has 0 aliphatic carbocycles. The summed E-state index contributed by atoms with van der Waals surface area (Å²) in [6, 6.07) is 22.0. The van der Waals surface area contributed by atoms with E-state index in [4.69, 9.17) is 4.74 Å². The fourth-order valence-electron chi connectivity index (χ4n) is 6.75. The van der Waals surface area contributed by atoms with Gasteiger partial charge in [0.25, 0.3) is 0 Å². The molecule has 286 valence electrons. The van der Waals surface area contributed by atoms with Crippen LogP contribution >= 0.6 is 0 Å². The molecule has 0 bridgehead atoms. The van der Waals surface area contributed by atoms with Crippen molar-refractivity contribution in [3.63, 3.8) is 0 Å². The van der Waals surface area contributed by atoms with Crippen LogP contribution in [0.4, 0.5) is 36.7 Å². The van der Waals surface area contributed by atoms with Gasteiger partial charge in [-0.25, -0.2) is 30.8 Å². The number of rotatable bonds is 14. The van der Waals surface area contributed by atoms with Crippen LogP contribution in [0.2, 0.25) is 0 Å². The molecule has 12 nitrogen and oxygen atoms in total. The van der Waals surface area contributed by atoms with E-state index in [-0.39, 0.29) is 35.5 Å². The van der Waals surface area contributed by atoms with E-state index in [2.05, 4.69) is 9.44 Å². The van der Waals surface area contributed by atoms with Crippen LogP contribution in [-0.4, -0.2) is 53.5 Å². The molecule has 0 saturated heterocycles. The Hall–Kier alpha value is -5.15. The third-order valence-electron chi connectivity index (χ3n) is 9.37. The van der Waals surface area contributed by atoms with Crippen molar-refractivity contribution in [3.8, 4) is 0 Å². The topological polar surface area (TPSA) is 145 Å². The van der Waals surface area contributed by atoms with Crippen molar-refractivity contribution in [2.45, 2.75) is 64.7 Å². The van der Waals surface area contributed by atoms with E-state index >= 15 is 4.39 Å². The number of hydrogen-bond acceptors (Lipinski definition) is 7. The summed E-state index contributed by atoms with van der Waals surface area (Å²) >= 11 is 0. The molecule has 0 fully saturated rings. The molecule has 1 atom stereocenters. The molecule has 0 aromatic heterocycles. The summed E-state index contributed by atoms with van der Waals surface area (Å²) in [6.07, 6.45) is -0.178. The highest BCUT2D eigenvalue weighted by molar-refractivity contribution is 7.92. The van der Waals surface area contributed by atoms with Gasteiger partial charge in [0.15, 0.2) is 0 Å². The Morgan fingerprint density at radius 1 is 0.778 bits per heavy atom. The highest BCUT2D eigenvalue weighted by Crippen LogP contribution is 2.39. The maximum absolute atomic E-state index is 15.1. The molecule has 0 radical (unpaired) electrons. The van der Waals surface area contributed by atoms with Crippen LogP contribution in [0.15, 0.2) is 78.9 Å². The quantitative estimate of drug-likeness (QED) is 0.135. The lowest BCUT2D eigenvalue weighted by molar-refractivity contribution is 0.107. The van der Waals surface area contributed by atoms with E-state index in [1.54, 1.807) is 66.1 Å². The second-order valence-corrected chi connectivity index (χ2v) is 17.1. The Labute approximate surface area is 316 Å². The van der Waals surface area contributed by atoms with Gasteiger partial charge in [0.05, 0.1) is 28.6 Å². The van der Waals surface area contributed by atoms with Gasteiger partial charge < -0.3 is 9.64 Å². The van der Waals surface area contributed by atoms with Gasteiger partial charge in [-0.15, -0.1) is 0 Å². The first kappa shape index (κ1) is 38.6. The minimum Gasteiger partial charge on any atom is -0.441 e. The number of amides is 3. The number of hydrogen-bond donors (Lipinski definition) is 2. The van der Waals surface area contributed by atoms with Crippen LogP contribution in [0.3, 0.4) is 0 Å². The molecule has 0 spiro atoms. The summed E-state index contributed by atoms with van der Waals surface area (Å²) in [5.41, 5.74) is 5.60. The first-order valence-electron chi connectivity index (χ1n) is 17.8. The van der Waals surface area contributed by atoms with Crippen LogP contribution in [0.25, 0.3) is 0 Å². The highest BCUT2D eigenvalue weighted by Gasteiger charge is 2.33. The number of nitrogens with zero attached hydrogens (tertiary/aromatic N) is 3. The predicted octanol–water partition coefficient (Wildman–Crippen LogP) is 7.45. The van der Waals surface area contributed by atoms with Gasteiger partial charge >= 0.3 is 12.1 Å². The van der Waals surface area contributed by atoms with Crippen molar-refractivity contribution < 1.29 is 35.6 Å². The van der Waals surface area contributed by atoms with Crippen LogP contribution in [-0.2, 0) is 49.3 Å². The smallest absolute Gasteiger partial charge is 0.414 e. The number of benzene rings is 4. The number of aryl methyl sites for hydroxylation is 1. The van der Waals surface area contributed by atoms with Gasteiger partial charge in [0, 0.05) is 43.5 Å². The number of carbonyl (C=O) groups excluding carboxylic acids is 2. The zero-order valence-electron chi connectivity index (χ0n) is 30.6. The Kier molecular flexibility index (Phi) is 11.2. The summed E-state index contributed by atoms with van der Waals surface area (Å²) in [7, 11) is -7.62. The number of ether oxygens (including phenoxy) is 1. The third kappa shape index (κ3) is 8.79. The van der Waals surface area contributed by atoms with Crippen molar-refractivity contribution in [2.75, 3.05) is 38.9 Å². The molecule has 6 rings (SSSR count). The average molecular weight is 778 g/mol. The molecule has 15 heteroatoms. The number of nitrogens with one attached hydrogen (secondary N) is 2. The lowest BCUT2D eigenvalue weighted by Crippen LogP contribution is -2.48. The van der Waals surface area contributed by atoms with Crippen LogP contribution in [0, 0.1) is 12.7 Å². The van der Waals surface area contributed by atoms with Gasteiger partial charge in [-0.3, -0.25) is 19.2 Å². The number of fused-ring (bicyclic) bond motifs is 2. The highest BCUT2D eigenvalue weighted by atomic mass is 32.2. The van der Waals surface area contributed by atoms with Gasteiger partial charge in [0.1, 0.15) is 11.9 Å². The van der Waals surface area contributed by atoms with Gasteiger partial charge in [-0.05, 0) is 80.1 Å². The summed E-state index contributed by atoms with van der Waals surface area (Å²) in [4.78, 5) is 30.4. The van der Waals surface area contributed by atoms with Gasteiger partial charge in [0.2, 0.25) is 20.0 Å². The maximum Gasteiger partial charge on any atom is 0.414 e. The predicted molar refractivity (Wildman–Crippen MR) is 208 cm³/mol. The average Bonchev–Trinajstić information content (AvgIpc) is 3.10. The normalized spacial score (nSPS) is 15.8. The minimum atomic E-state index is -3.94. The van der Waals surface area contributed by atoms with E-state index < -0.39 is 38.1 Å². The molecule has 0 saturated carbocycles. The molecule has 2 heterocycles. The fraction of sp³-hybridized carbons (Fsp3) is 0.333. The first-order chi connectivity index (χ1) is 25.6. The number of anilines is 4. The molecule has 1 unspecified atom stereocenters. The van der Waals surface area contributed by atoms with E-state index in [1.807, 2.05) is 38.1 Å². The Morgan fingerprint density at radius 2 is 1.39 bits per heavy atom. The van der Waals surface area contributed by atoms with Crippen molar-refractivity contribution in [2.24, 2.45) is 0 Å². The van der Waals surface area contributed by atoms with E-state index in [0.29, 0.717) is 48.4 Å².